The minimum atomic E-state index is -4.44. The summed E-state index contributed by atoms with van der Waals surface area (Å²) in [7, 11) is 1.27. The summed E-state index contributed by atoms with van der Waals surface area (Å²) in [6.07, 6.45) is -1.72. The van der Waals surface area contributed by atoms with Crippen LogP contribution in [0.15, 0.2) is 24.3 Å². The normalized spacial score (nSPS) is 11.2. The van der Waals surface area contributed by atoms with Crippen LogP contribution in [0.2, 0.25) is 0 Å². The van der Waals surface area contributed by atoms with Crippen LogP contribution in [0.3, 0.4) is 0 Å². The number of methoxy groups -OCH3 is 1. The number of hydrogen-bond donors (Lipinski definition) is 0. The molecule has 0 spiro atoms. The van der Waals surface area contributed by atoms with Crippen LogP contribution in [-0.2, 0) is 15.7 Å². The highest BCUT2D eigenvalue weighted by Gasteiger charge is 2.30. The smallest absolute Gasteiger partial charge is 0.416 e. The Morgan fingerprint density at radius 1 is 1.08 bits per heavy atom. The van der Waals surface area contributed by atoms with Crippen molar-refractivity contribution in [1.82, 2.24) is 4.90 Å². The minimum absolute atomic E-state index is 0.0506. The molecule has 24 heavy (non-hydrogen) atoms. The van der Waals surface area contributed by atoms with Crippen LogP contribution in [0.4, 0.5) is 13.2 Å². The van der Waals surface area contributed by atoms with Gasteiger partial charge in [-0.1, -0.05) is 19.8 Å². The number of hydrogen-bond acceptors (Lipinski definition) is 3. The average molecular weight is 345 g/mol. The summed E-state index contributed by atoms with van der Waals surface area (Å²) in [6, 6.07) is 4.10. The van der Waals surface area contributed by atoms with E-state index in [0.717, 1.165) is 43.5 Å². The lowest BCUT2D eigenvalue weighted by atomic mass is 10.1. The van der Waals surface area contributed by atoms with Gasteiger partial charge in [-0.15, -0.1) is 0 Å². The summed E-state index contributed by atoms with van der Waals surface area (Å²) >= 11 is 0. The zero-order chi connectivity index (χ0) is 18.2. The number of halogens is 3. The Hall–Kier alpha value is -2.05. The molecule has 1 rings (SSSR count). The van der Waals surface area contributed by atoms with Crippen LogP contribution >= 0.6 is 0 Å². The van der Waals surface area contributed by atoms with E-state index in [4.69, 9.17) is 0 Å². The van der Waals surface area contributed by atoms with Crippen molar-refractivity contribution in [2.75, 3.05) is 20.2 Å². The summed E-state index contributed by atoms with van der Waals surface area (Å²) in [5.74, 6) is -0.820. The molecule has 0 aliphatic heterocycles. The molecule has 0 unspecified atom stereocenters. The fraction of sp³-hybridized carbons (Fsp3) is 0.529. The van der Waals surface area contributed by atoms with Crippen molar-refractivity contribution in [1.29, 1.82) is 0 Å². The number of esters is 1. The van der Waals surface area contributed by atoms with Gasteiger partial charge in [0.1, 0.15) is 0 Å². The maximum Gasteiger partial charge on any atom is 0.416 e. The molecular weight excluding hydrogens is 323 g/mol. The van der Waals surface area contributed by atoms with Crippen molar-refractivity contribution < 1.29 is 27.5 Å². The molecular formula is C17H22F3NO3. The number of benzene rings is 1. The topological polar surface area (TPSA) is 46.6 Å². The summed E-state index contributed by atoms with van der Waals surface area (Å²) < 4.78 is 42.3. The summed E-state index contributed by atoms with van der Waals surface area (Å²) in [5, 5.41) is 0. The monoisotopic (exact) mass is 345 g/mol. The van der Waals surface area contributed by atoms with Crippen LogP contribution in [0.25, 0.3) is 0 Å². The summed E-state index contributed by atoms with van der Waals surface area (Å²) in [6.45, 7) is 2.65. The fourth-order valence-corrected chi connectivity index (χ4v) is 2.18. The van der Waals surface area contributed by atoms with Gasteiger partial charge in [0.05, 0.1) is 19.1 Å². The molecule has 1 aromatic rings. The number of amides is 1. The summed E-state index contributed by atoms with van der Waals surface area (Å²) in [4.78, 5) is 25.2. The van der Waals surface area contributed by atoms with Crippen molar-refractivity contribution in [3.63, 3.8) is 0 Å². The van der Waals surface area contributed by atoms with Crippen LogP contribution in [-0.4, -0.2) is 37.0 Å². The Kier molecular flexibility index (Phi) is 7.74. The first-order valence-corrected chi connectivity index (χ1v) is 7.83. The fourth-order valence-electron chi connectivity index (χ4n) is 2.18. The largest absolute Gasteiger partial charge is 0.469 e. The number of nitrogens with zero attached hydrogens (tertiary/aromatic N) is 1. The molecule has 134 valence electrons. The van der Waals surface area contributed by atoms with Crippen molar-refractivity contribution >= 4 is 11.9 Å². The molecule has 0 heterocycles. The van der Waals surface area contributed by atoms with Crippen molar-refractivity contribution in [3.8, 4) is 0 Å². The lowest BCUT2D eigenvalue weighted by molar-refractivity contribution is -0.141. The lowest BCUT2D eigenvalue weighted by Crippen LogP contribution is -2.34. The van der Waals surface area contributed by atoms with Gasteiger partial charge >= 0.3 is 12.1 Å². The quantitative estimate of drug-likeness (QED) is 0.530. The number of rotatable bonds is 8. The van der Waals surface area contributed by atoms with Crippen molar-refractivity contribution in [3.05, 3.63) is 35.4 Å². The van der Waals surface area contributed by atoms with Gasteiger partial charge in [0.15, 0.2) is 0 Å². The standard InChI is InChI=1S/C17H22F3NO3/c1-3-4-5-11-21(12-10-15(22)24-2)16(23)13-6-8-14(9-7-13)17(18,19)20/h6-9H,3-5,10-12H2,1-2H3. The molecule has 4 nitrogen and oxygen atoms in total. The van der Waals surface area contributed by atoms with E-state index in [2.05, 4.69) is 4.74 Å². The molecule has 1 aromatic carbocycles. The summed E-state index contributed by atoms with van der Waals surface area (Å²) in [5.41, 5.74) is -0.629. The predicted molar refractivity (Wildman–Crippen MR) is 83.5 cm³/mol. The van der Waals surface area contributed by atoms with E-state index in [1.165, 1.54) is 12.0 Å². The SMILES string of the molecule is CCCCCN(CCC(=O)OC)C(=O)c1ccc(C(F)(F)F)cc1. The number of carbonyl (C=O) groups excluding carboxylic acids is 2. The zero-order valence-electron chi connectivity index (χ0n) is 13.9. The number of ether oxygens (including phenoxy) is 1. The molecule has 7 heteroatoms. The van der Waals surface area contributed by atoms with Crippen LogP contribution in [0.5, 0.6) is 0 Å². The third-order valence-corrected chi connectivity index (χ3v) is 3.59. The maximum atomic E-state index is 12.6. The molecule has 0 aromatic heterocycles. The second-order valence-corrected chi connectivity index (χ2v) is 5.40. The molecule has 1 amide bonds. The first-order valence-electron chi connectivity index (χ1n) is 7.83. The van der Waals surface area contributed by atoms with E-state index < -0.39 is 17.7 Å². The van der Waals surface area contributed by atoms with Crippen molar-refractivity contribution in [2.45, 2.75) is 38.8 Å². The molecule has 0 fully saturated rings. The number of alkyl halides is 3. The molecule has 0 atom stereocenters. The average Bonchev–Trinajstić information content (AvgIpc) is 2.56. The Labute approximate surface area is 139 Å². The predicted octanol–water partition coefficient (Wildman–Crippen LogP) is 3.90. The lowest BCUT2D eigenvalue weighted by Gasteiger charge is -2.22. The molecule has 0 aliphatic carbocycles. The Morgan fingerprint density at radius 3 is 2.21 bits per heavy atom. The van der Waals surface area contributed by atoms with Gasteiger partial charge < -0.3 is 9.64 Å². The first-order chi connectivity index (χ1) is 11.3. The second-order valence-electron chi connectivity index (χ2n) is 5.40. The Balaban J connectivity index is 2.82. The first kappa shape index (κ1) is 20.0. The number of carbonyl (C=O) groups is 2. The highest BCUT2D eigenvalue weighted by atomic mass is 19.4. The van der Waals surface area contributed by atoms with Gasteiger partial charge in [0, 0.05) is 18.7 Å². The third kappa shape index (κ3) is 6.22. The highest BCUT2D eigenvalue weighted by molar-refractivity contribution is 5.94. The van der Waals surface area contributed by atoms with Gasteiger partial charge in [-0.05, 0) is 30.7 Å². The van der Waals surface area contributed by atoms with E-state index in [-0.39, 0.29) is 24.4 Å². The van der Waals surface area contributed by atoms with E-state index in [0.29, 0.717) is 6.54 Å². The van der Waals surface area contributed by atoms with E-state index >= 15 is 0 Å². The van der Waals surface area contributed by atoms with E-state index in [9.17, 15) is 22.8 Å². The van der Waals surface area contributed by atoms with Gasteiger partial charge in [0.2, 0.25) is 0 Å². The minimum Gasteiger partial charge on any atom is -0.469 e. The van der Waals surface area contributed by atoms with Gasteiger partial charge in [-0.3, -0.25) is 9.59 Å². The van der Waals surface area contributed by atoms with Crippen LogP contribution in [0.1, 0.15) is 48.5 Å². The van der Waals surface area contributed by atoms with Crippen molar-refractivity contribution in [2.24, 2.45) is 0 Å². The highest BCUT2D eigenvalue weighted by Crippen LogP contribution is 2.29. The molecule has 0 aliphatic rings. The number of unbranched alkanes of at least 4 members (excludes halogenated alkanes) is 2. The molecule has 0 N–H and O–H groups in total. The van der Waals surface area contributed by atoms with Gasteiger partial charge in [-0.2, -0.15) is 13.2 Å². The molecule has 0 saturated carbocycles. The second kappa shape index (κ2) is 9.30. The van der Waals surface area contributed by atoms with Gasteiger partial charge in [-0.25, -0.2) is 0 Å². The van der Waals surface area contributed by atoms with E-state index in [1.807, 2.05) is 6.92 Å². The van der Waals surface area contributed by atoms with E-state index in [1.54, 1.807) is 0 Å². The Morgan fingerprint density at radius 2 is 1.71 bits per heavy atom. The van der Waals surface area contributed by atoms with Gasteiger partial charge in [0.25, 0.3) is 5.91 Å². The third-order valence-electron chi connectivity index (χ3n) is 3.59. The molecule has 0 saturated heterocycles. The Bertz CT molecular complexity index is 541. The van der Waals surface area contributed by atoms with Crippen LogP contribution in [0, 0.1) is 0 Å². The maximum absolute atomic E-state index is 12.6. The van der Waals surface area contributed by atoms with Crippen LogP contribution < -0.4 is 0 Å². The zero-order valence-corrected chi connectivity index (χ0v) is 13.9. The molecule has 0 bridgehead atoms. The molecule has 0 radical (unpaired) electrons.